The first-order valence-corrected chi connectivity index (χ1v) is 16.7. The molecule has 7 aromatic carbocycles. The van der Waals surface area contributed by atoms with Crippen molar-refractivity contribution < 1.29 is 4.42 Å². The van der Waals surface area contributed by atoms with Crippen molar-refractivity contribution in [3.8, 4) is 51.0 Å². The summed E-state index contributed by atoms with van der Waals surface area (Å²) in [6, 6.07) is 58.7. The highest BCUT2D eigenvalue weighted by Crippen LogP contribution is 2.38. The molecule has 0 N–H and O–H groups in total. The van der Waals surface area contributed by atoms with Gasteiger partial charge in [-0.05, 0) is 59.7 Å². The fraction of sp³-hybridized carbons (Fsp3) is 0. The summed E-state index contributed by atoms with van der Waals surface area (Å²) in [6.45, 7) is 0. The fourth-order valence-electron chi connectivity index (χ4n) is 7.04. The van der Waals surface area contributed by atoms with Crippen LogP contribution in [0.2, 0.25) is 0 Å². The maximum absolute atomic E-state index is 6.56. The van der Waals surface area contributed by atoms with E-state index in [9.17, 15) is 0 Å². The zero-order valence-corrected chi connectivity index (χ0v) is 26.9. The predicted octanol–water partition coefficient (Wildman–Crippen LogP) is 11.5. The average molecular weight is 641 g/mol. The maximum atomic E-state index is 6.56. The van der Waals surface area contributed by atoms with Crippen LogP contribution < -0.4 is 0 Å². The number of benzene rings is 7. The van der Waals surface area contributed by atoms with Crippen molar-refractivity contribution in [2.45, 2.75) is 0 Å². The van der Waals surface area contributed by atoms with E-state index >= 15 is 0 Å². The monoisotopic (exact) mass is 640 g/mol. The second-order valence-electron chi connectivity index (χ2n) is 12.5. The van der Waals surface area contributed by atoms with E-state index in [4.69, 9.17) is 19.4 Å². The van der Waals surface area contributed by atoms with Gasteiger partial charge in [0.15, 0.2) is 17.5 Å². The van der Waals surface area contributed by atoms with Gasteiger partial charge in [0.2, 0.25) is 0 Å². The summed E-state index contributed by atoms with van der Waals surface area (Å²) < 4.78 is 8.91. The summed E-state index contributed by atoms with van der Waals surface area (Å²) in [5.41, 5.74) is 10.1. The van der Waals surface area contributed by atoms with Gasteiger partial charge in [0.05, 0.1) is 11.0 Å². The molecule has 0 aliphatic rings. The molecule has 0 saturated heterocycles. The first-order chi connectivity index (χ1) is 24.8. The maximum Gasteiger partial charge on any atom is 0.164 e. The molecule has 0 atom stereocenters. The third kappa shape index (κ3) is 4.67. The molecule has 0 amide bonds. The minimum absolute atomic E-state index is 0.600. The van der Waals surface area contributed by atoms with Crippen LogP contribution in [0.15, 0.2) is 174 Å². The normalized spacial score (nSPS) is 11.6. The SMILES string of the molecule is c1ccc(-c2nc(-c3ccccc3)nc(-c3ccc4c(c3)oc3cc(-c5ccc6c7ccccc7n(-c7ccccc7)c6c5)ccc34)n2)cc1. The Hall–Kier alpha value is -6.85. The smallest absolute Gasteiger partial charge is 0.164 e. The van der Waals surface area contributed by atoms with Crippen molar-refractivity contribution >= 4 is 43.7 Å². The Morgan fingerprint density at radius 1 is 0.340 bits per heavy atom. The quantitative estimate of drug-likeness (QED) is 0.188. The van der Waals surface area contributed by atoms with E-state index in [1.54, 1.807) is 0 Å². The number of para-hydroxylation sites is 2. The van der Waals surface area contributed by atoms with Crippen molar-refractivity contribution in [3.63, 3.8) is 0 Å². The second kappa shape index (κ2) is 11.4. The molecule has 10 rings (SSSR count). The van der Waals surface area contributed by atoms with Crippen LogP contribution in [0.1, 0.15) is 0 Å². The van der Waals surface area contributed by atoms with E-state index in [1.165, 1.54) is 21.8 Å². The zero-order chi connectivity index (χ0) is 33.0. The lowest BCUT2D eigenvalue weighted by Crippen LogP contribution is -2.00. The van der Waals surface area contributed by atoms with Crippen molar-refractivity contribution in [1.29, 1.82) is 0 Å². The largest absolute Gasteiger partial charge is 0.456 e. The highest BCUT2D eigenvalue weighted by Gasteiger charge is 2.16. The van der Waals surface area contributed by atoms with Gasteiger partial charge >= 0.3 is 0 Å². The number of aromatic nitrogens is 4. The van der Waals surface area contributed by atoms with Gasteiger partial charge in [-0.25, -0.2) is 15.0 Å². The molecule has 0 bridgehead atoms. The van der Waals surface area contributed by atoms with Crippen LogP contribution in [0.3, 0.4) is 0 Å². The number of nitrogens with zero attached hydrogens (tertiary/aromatic N) is 4. The second-order valence-corrected chi connectivity index (χ2v) is 12.5. The zero-order valence-electron chi connectivity index (χ0n) is 26.9. The van der Waals surface area contributed by atoms with Crippen LogP contribution in [0.25, 0.3) is 94.7 Å². The molecule has 0 unspecified atom stereocenters. The standard InChI is InChI=1S/C45H28N4O/c1-4-12-29(13-5-1)43-46-44(30-14-6-2-7-15-30)48-45(47-43)33-22-25-38-37-24-21-32(27-41(37)50-42(38)28-33)31-20-23-36-35-18-10-11-19-39(35)49(40(36)26-31)34-16-8-3-9-17-34/h1-28H. The van der Waals surface area contributed by atoms with Crippen LogP contribution in [0, 0.1) is 0 Å². The molecule has 0 aliphatic heterocycles. The van der Waals surface area contributed by atoms with E-state index < -0.39 is 0 Å². The third-order valence-corrected chi connectivity index (χ3v) is 9.45. The van der Waals surface area contributed by atoms with Gasteiger partial charge < -0.3 is 8.98 Å². The van der Waals surface area contributed by atoms with Gasteiger partial charge in [0.1, 0.15) is 11.2 Å². The van der Waals surface area contributed by atoms with Gasteiger partial charge in [-0.1, -0.05) is 121 Å². The van der Waals surface area contributed by atoms with Gasteiger partial charge in [-0.3, -0.25) is 0 Å². The molecular weight excluding hydrogens is 613 g/mol. The molecule has 50 heavy (non-hydrogen) atoms. The Balaban J connectivity index is 1.08. The molecule has 5 heteroatoms. The van der Waals surface area contributed by atoms with E-state index in [1.807, 2.05) is 66.7 Å². The molecule has 0 spiro atoms. The van der Waals surface area contributed by atoms with E-state index in [2.05, 4.69) is 108 Å². The van der Waals surface area contributed by atoms with Crippen LogP contribution in [-0.4, -0.2) is 19.5 Å². The molecular formula is C45H28N4O. The lowest BCUT2D eigenvalue weighted by atomic mass is 10.0. The molecule has 3 heterocycles. The lowest BCUT2D eigenvalue weighted by Gasteiger charge is -2.09. The molecule has 0 radical (unpaired) electrons. The average Bonchev–Trinajstić information content (AvgIpc) is 3.73. The lowest BCUT2D eigenvalue weighted by molar-refractivity contribution is 0.669. The third-order valence-electron chi connectivity index (χ3n) is 9.45. The first kappa shape index (κ1) is 28.2. The fourth-order valence-corrected chi connectivity index (χ4v) is 7.04. The molecule has 234 valence electrons. The van der Waals surface area contributed by atoms with Crippen molar-refractivity contribution in [2.75, 3.05) is 0 Å². The van der Waals surface area contributed by atoms with Crippen LogP contribution in [-0.2, 0) is 0 Å². The number of hydrogen-bond donors (Lipinski definition) is 0. The molecule has 3 aromatic heterocycles. The van der Waals surface area contributed by atoms with Crippen LogP contribution in [0.5, 0.6) is 0 Å². The minimum Gasteiger partial charge on any atom is -0.456 e. The predicted molar refractivity (Wildman–Crippen MR) is 203 cm³/mol. The summed E-state index contributed by atoms with van der Waals surface area (Å²) >= 11 is 0. The van der Waals surface area contributed by atoms with Gasteiger partial charge in [0, 0.05) is 43.9 Å². The van der Waals surface area contributed by atoms with Crippen molar-refractivity contribution in [3.05, 3.63) is 170 Å². The first-order valence-electron chi connectivity index (χ1n) is 16.7. The summed E-state index contributed by atoms with van der Waals surface area (Å²) in [7, 11) is 0. The Morgan fingerprint density at radius 2 is 0.800 bits per heavy atom. The molecule has 0 aliphatic carbocycles. The molecule has 10 aromatic rings. The topological polar surface area (TPSA) is 56.7 Å². The molecule has 0 saturated carbocycles. The van der Waals surface area contributed by atoms with Crippen molar-refractivity contribution in [1.82, 2.24) is 19.5 Å². The Bertz CT molecular complexity index is 2800. The van der Waals surface area contributed by atoms with Gasteiger partial charge in [-0.15, -0.1) is 0 Å². The van der Waals surface area contributed by atoms with Gasteiger partial charge in [0.25, 0.3) is 0 Å². The highest BCUT2D eigenvalue weighted by molar-refractivity contribution is 6.11. The number of hydrogen-bond acceptors (Lipinski definition) is 4. The van der Waals surface area contributed by atoms with Gasteiger partial charge in [-0.2, -0.15) is 0 Å². The summed E-state index contributed by atoms with van der Waals surface area (Å²) in [5, 5.41) is 4.59. The number of fused-ring (bicyclic) bond motifs is 6. The Morgan fingerprint density at radius 3 is 1.44 bits per heavy atom. The summed E-state index contributed by atoms with van der Waals surface area (Å²) in [4.78, 5) is 14.7. The van der Waals surface area contributed by atoms with E-state index in [0.29, 0.717) is 17.5 Å². The molecule has 5 nitrogen and oxygen atoms in total. The summed E-state index contributed by atoms with van der Waals surface area (Å²) in [5.74, 6) is 1.86. The van der Waals surface area contributed by atoms with Crippen LogP contribution >= 0.6 is 0 Å². The van der Waals surface area contributed by atoms with E-state index in [-0.39, 0.29) is 0 Å². The van der Waals surface area contributed by atoms with Crippen LogP contribution in [0.4, 0.5) is 0 Å². The van der Waals surface area contributed by atoms with E-state index in [0.717, 1.165) is 55.4 Å². The Kier molecular flexibility index (Phi) is 6.42. The number of rotatable bonds is 5. The number of furan rings is 1. The highest BCUT2D eigenvalue weighted by atomic mass is 16.3. The molecule has 0 fully saturated rings. The Labute approximate surface area is 287 Å². The summed E-state index contributed by atoms with van der Waals surface area (Å²) in [6.07, 6.45) is 0. The minimum atomic E-state index is 0.600. The van der Waals surface area contributed by atoms with Crippen molar-refractivity contribution in [2.24, 2.45) is 0 Å².